The van der Waals surface area contributed by atoms with E-state index in [-0.39, 0.29) is 30.6 Å². The van der Waals surface area contributed by atoms with Crippen LogP contribution >= 0.6 is 67.8 Å². The minimum atomic E-state index is -1.23. The molecule has 0 spiro atoms. The van der Waals surface area contributed by atoms with E-state index in [1.54, 1.807) is 0 Å². The topological polar surface area (TPSA) is 101 Å². The maximum atomic E-state index is 10.5. The Labute approximate surface area is 186 Å². The number of hydrogen-bond donors (Lipinski definition) is 3. The minimum Gasteiger partial charge on any atom is -0.478 e. The van der Waals surface area contributed by atoms with E-state index >= 15 is 0 Å². The van der Waals surface area contributed by atoms with Gasteiger partial charge in [-0.1, -0.05) is 12.1 Å². The van der Waals surface area contributed by atoms with Crippen molar-refractivity contribution < 1.29 is 39.3 Å². The van der Waals surface area contributed by atoms with Crippen LogP contribution in [0.2, 0.25) is 0 Å². The molecule has 0 aliphatic heterocycles. The van der Waals surface area contributed by atoms with E-state index < -0.39 is 11.9 Å². The van der Waals surface area contributed by atoms with E-state index in [9.17, 15) is 9.59 Å². The number of carboxylic acid groups (broad SMARTS) is 2. The minimum absolute atomic E-state index is 0. The molecule has 0 unspecified atom stereocenters. The number of rotatable bonds is 2. The van der Waals surface area contributed by atoms with Crippen LogP contribution in [0.5, 0.6) is 0 Å². The Morgan fingerprint density at radius 2 is 1.26 bits per heavy atom. The average molecular weight is 702 g/mol. The Kier molecular flexibility index (Phi) is 10.8. The Morgan fingerprint density at radius 3 is 1.61 bits per heavy atom. The molecule has 118 valence electrons. The fourth-order valence-electron chi connectivity index (χ4n) is 1.40. The van der Waals surface area contributed by atoms with Gasteiger partial charge in [0, 0.05) is 32.3 Å². The maximum Gasteiger partial charge on any atom is 0.336 e. The van der Waals surface area contributed by atoms with Crippen LogP contribution in [0.25, 0.3) is 0 Å². The Hall–Kier alpha value is -0.00662. The number of hydrogen-bond acceptors (Lipinski definition) is 3. The second kappa shape index (κ2) is 10.8. The number of nitrogens with two attached hydrogens (primary N) is 1. The molecule has 0 radical (unpaired) electrons. The molecule has 4 N–H and O–H groups in total. The standard InChI is InChI=1S/C8H6O4.C6H4I3N.Zn/c9-7(10)5-3-1-2-4-6(5)8(11)12;7-3-1-2-4(10)6(9)5(3)8;/h1-4H,(H,9,10)(H,11,12);1-2H,10H2;. The van der Waals surface area contributed by atoms with Gasteiger partial charge in [0.25, 0.3) is 0 Å². The summed E-state index contributed by atoms with van der Waals surface area (Å²) in [6.07, 6.45) is 0. The largest absolute Gasteiger partial charge is 0.478 e. The van der Waals surface area contributed by atoms with Crippen molar-refractivity contribution in [3.05, 3.63) is 58.2 Å². The second-order valence-corrected chi connectivity index (χ2v) is 7.24. The van der Waals surface area contributed by atoms with Gasteiger partial charge in [-0.05, 0) is 92.0 Å². The summed E-state index contributed by atoms with van der Waals surface area (Å²) in [4.78, 5) is 20.9. The molecule has 0 amide bonds. The fourth-order valence-corrected chi connectivity index (χ4v) is 3.32. The number of anilines is 1. The summed E-state index contributed by atoms with van der Waals surface area (Å²) in [5.41, 5.74) is 6.16. The summed E-state index contributed by atoms with van der Waals surface area (Å²) in [5, 5.41) is 17.1. The molecule has 0 fully saturated rings. The molecule has 0 atom stereocenters. The van der Waals surface area contributed by atoms with E-state index in [0.717, 1.165) is 9.26 Å². The number of nitrogen functional groups attached to an aromatic ring is 1. The Balaban J connectivity index is 0.000000409. The monoisotopic (exact) mass is 701 g/mol. The van der Waals surface area contributed by atoms with E-state index in [2.05, 4.69) is 67.8 Å². The molecule has 0 saturated heterocycles. The summed E-state index contributed by atoms with van der Waals surface area (Å²) >= 11 is 6.86. The molecule has 0 heterocycles. The van der Waals surface area contributed by atoms with Gasteiger partial charge in [-0.2, -0.15) is 0 Å². The van der Waals surface area contributed by atoms with Crippen LogP contribution in [-0.4, -0.2) is 22.2 Å². The Morgan fingerprint density at radius 1 is 0.826 bits per heavy atom. The fraction of sp³-hybridized carbons (Fsp3) is 0. The smallest absolute Gasteiger partial charge is 0.336 e. The zero-order chi connectivity index (χ0) is 16.9. The number of carbonyl (C=O) groups is 2. The summed E-state index contributed by atoms with van der Waals surface area (Å²) in [6.45, 7) is 0. The number of halogens is 3. The molecule has 5 nitrogen and oxygen atoms in total. The zero-order valence-electron chi connectivity index (χ0n) is 11.6. The first-order valence-electron chi connectivity index (χ1n) is 5.70. The van der Waals surface area contributed by atoms with E-state index in [1.165, 1.54) is 31.4 Å². The van der Waals surface area contributed by atoms with Crippen LogP contribution < -0.4 is 5.73 Å². The van der Waals surface area contributed by atoms with Gasteiger partial charge >= 0.3 is 11.9 Å². The molecule has 0 aliphatic rings. The van der Waals surface area contributed by atoms with Crippen molar-refractivity contribution in [3.63, 3.8) is 0 Å². The first kappa shape index (κ1) is 23.0. The molecular formula is C14H10I3NO4Zn. The van der Waals surface area contributed by atoms with Crippen LogP contribution in [0.1, 0.15) is 20.7 Å². The van der Waals surface area contributed by atoms with E-state index in [4.69, 9.17) is 15.9 Å². The predicted molar refractivity (Wildman–Crippen MR) is 109 cm³/mol. The van der Waals surface area contributed by atoms with Crippen LogP contribution in [0.15, 0.2) is 36.4 Å². The van der Waals surface area contributed by atoms with Gasteiger partial charge in [0.05, 0.1) is 14.7 Å². The third-order valence-electron chi connectivity index (χ3n) is 2.45. The zero-order valence-corrected chi connectivity index (χ0v) is 21.0. The molecule has 2 rings (SSSR count). The quantitative estimate of drug-likeness (QED) is 0.189. The average Bonchev–Trinajstić information content (AvgIpc) is 2.49. The van der Waals surface area contributed by atoms with Crippen molar-refractivity contribution in [3.8, 4) is 0 Å². The van der Waals surface area contributed by atoms with Crippen molar-refractivity contribution in [2.24, 2.45) is 0 Å². The molecule has 0 aromatic heterocycles. The normalized spacial score (nSPS) is 9.17. The molecule has 9 heteroatoms. The second-order valence-electron chi connectivity index (χ2n) is 3.92. The summed E-state index contributed by atoms with van der Waals surface area (Å²) < 4.78 is 3.67. The molecule has 2 aromatic carbocycles. The van der Waals surface area contributed by atoms with Crippen molar-refractivity contribution >= 4 is 85.4 Å². The van der Waals surface area contributed by atoms with Gasteiger partial charge in [-0.25, -0.2) is 9.59 Å². The molecule has 0 aliphatic carbocycles. The molecular weight excluding hydrogens is 692 g/mol. The van der Waals surface area contributed by atoms with Crippen molar-refractivity contribution in [1.29, 1.82) is 0 Å². The van der Waals surface area contributed by atoms with Crippen LogP contribution in [-0.2, 0) is 19.5 Å². The molecule has 2 aromatic rings. The van der Waals surface area contributed by atoms with Crippen molar-refractivity contribution in [2.75, 3.05) is 5.73 Å². The number of benzene rings is 2. The molecule has 0 saturated carbocycles. The Bertz CT molecular complexity index is 665. The first-order chi connectivity index (χ1) is 10.3. The number of carboxylic acids is 2. The van der Waals surface area contributed by atoms with Crippen molar-refractivity contribution in [2.45, 2.75) is 0 Å². The first-order valence-corrected chi connectivity index (χ1v) is 8.94. The van der Waals surface area contributed by atoms with Gasteiger partial charge in [-0.3, -0.25) is 0 Å². The van der Waals surface area contributed by atoms with E-state index in [0.29, 0.717) is 0 Å². The van der Waals surface area contributed by atoms with E-state index in [1.807, 2.05) is 12.1 Å². The SMILES string of the molecule is Nc1ccc(I)c(I)c1I.O=C(O)c1ccccc1C(=O)O.[Zn]. The maximum absolute atomic E-state index is 10.5. The van der Waals surface area contributed by atoms with Gasteiger partial charge in [0.1, 0.15) is 0 Å². The van der Waals surface area contributed by atoms with Crippen molar-refractivity contribution in [1.82, 2.24) is 0 Å². The molecule has 0 bridgehead atoms. The van der Waals surface area contributed by atoms with Gasteiger partial charge in [0.2, 0.25) is 0 Å². The summed E-state index contributed by atoms with van der Waals surface area (Å²) in [5.74, 6) is -2.46. The van der Waals surface area contributed by atoms with Gasteiger partial charge in [0.15, 0.2) is 0 Å². The van der Waals surface area contributed by atoms with Crippen LogP contribution in [0.4, 0.5) is 5.69 Å². The third kappa shape index (κ3) is 6.79. The summed E-state index contributed by atoms with van der Waals surface area (Å²) in [7, 11) is 0. The summed E-state index contributed by atoms with van der Waals surface area (Å²) in [6, 6.07) is 9.44. The third-order valence-corrected chi connectivity index (χ3v) is 7.70. The number of aromatic carboxylic acids is 2. The van der Waals surface area contributed by atoms with Crippen LogP contribution in [0, 0.1) is 10.7 Å². The van der Waals surface area contributed by atoms with Gasteiger partial charge in [-0.15, -0.1) is 0 Å². The van der Waals surface area contributed by atoms with Crippen LogP contribution in [0.3, 0.4) is 0 Å². The predicted octanol–water partition coefficient (Wildman–Crippen LogP) is 4.16. The van der Waals surface area contributed by atoms with Gasteiger partial charge < -0.3 is 15.9 Å². The molecule has 23 heavy (non-hydrogen) atoms.